The lowest BCUT2D eigenvalue weighted by atomic mass is 9.96. The van der Waals surface area contributed by atoms with Crippen LogP contribution in [0.4, 0.5) is 5.82 Å². The molecule has 2 N–H and O–H groups in total. The Morgan fingerprint density at radius 1 is 1.41 bits per heavy atom. The highest BCUT2D eigenvalue weighted by atomic mass is 16.5. The molecule has 2 fully saturated rings. The van der Waals surface area contributed by atoms with E-state index in [0.717, 1.165) is 31.7 Å². The third kappa shape index (κ3) is 3.48. The van der Waals surface area contributed by atoms with E-state index in [-0.39, 0.29) is 18.2 Å². The first-order valence-electron chi connectivity index (χ1n) is 7.81. The van der Waals surface area contributed by atoms with E-state index in [2.05, 4.69) is 10.4 Å². The van der Waals surface area contributed by atoms with E-state index >= 15 is 0 Å². The zero-order chi connectivity index (χ0) is 15.5. The summed E-state index contributed by atoms with van der Waals surface area (Å²) < 4.78 is 12.4. The maximum absolute atomic E-state index is 12.1. The molecule has 3 heterocycles. The predicted octanol–water partition coefficient (Wildman–Crippen LogP) is 0.650. The molecular weight excluding hydrogens is 286 g/mol. The average molecular weight is 309 g/mol. The van der Waals surface area contributed by atoms with E-state index in [4.69, 9.17) is 9.47 Å². The largest absolute Gasteiger partial charge is 0.390 e. The molecule has 1 aromatic heterocycles. The number of nitrogens with zero attached hydrogens (tertiary/aromatic N) is 2. The van der Waals surface area contributed by atoms with Crippen molar-refractivity contribution < 1.29 is 19.4 Å². The minimum atomic E-state index is -0.549. The predicted molar refractivity (Wildman–Crippen MR) is 79.6 cm³/mol. The molecule has 0 radical (unpaired) electrons. The molecule has 2 saturated heterocycles. The molecule has 0 aromatic carbocycles. The molecule has 0 aliphatic carbocycles. The zero-order valence-corrected chi connectivity index (χ0v) is 12.8. The quantitative estimate of drug-likeness (QED) is 0.853. The van der Waals surface area contributed by atoms with Crippen molar-refractivity contribution in [2.45, 2.75) is 31.3 Å². The minimum absolute atomic E-state index is 0.126. The number of aliphatic hydroxyl groups is 1. The summed E-state index contributed by atoms with van der Waals surface area (Å²) in [4.78, 5) is 12.1. The van der Waals surface area contributed by atoms with Gasteiger partial charge in [-0.15, -0.1) is 0 Å². The summed E-state index contributed by atoms with van der Waals surface area (Å²) in [6, 6.07) is 1.94. The van der Waals surface area contributed by atoms with Gasteiger partial charge < -0.3 is 19.9 Å². The summed E-state index contributed by atoms with van der Waals surface area (Å²) in [7, 11) is 1.90. The van der Waals surface area contributed by atoms with Crippen LogP contribution in [0.2, 0.25) is 0 Å². The fourth-order valence-electron chi connectivity index (χ4n) is 3.13. The lowest BCUT2D eigenvalue weighted by Gasteiger charge is -2.21. The van der Waals surface area contributed by atoms with E-state index in [9.17, 15) is 9.90 Å². The maximum Gasteiger partial charge on any atom is 0.226 e. The smallest absolute Gasteiger partial charge is 0.226 e. The van der Waals surface area contributed by atoms with Crippen LogP contribution < -0.4 is 5.32 Å². The van der Waals surface area contributed by atoms with Gasteiger partial charge in [-0.1, -0.05) is 0 Å². The van der Waals surface area contributed by atoms with Crippen LogP contribution in [-0.4, -0.2) is 53.3 Å². The Labute approximate surface area is 129 Å². The fourth-order valence-corrected chi connectivity index (χ4v) is 3.13. The van der Waals surface area contributed by atoms with Gasteiger partial charge in [0.15, 0.2) is 5.82 Å². The van der Waals surface area contributed by atoms with E-state index in [1.807, 2.05) is 17.8 Å². The topological polar surface area (TPSA) is 85.6 Å². The number of carbonyl (C=O) groups is 1. The van der Waals surface area contributed by atoms with Crippen LogP contribution in [-0.2, 0) is 21.3 Å². The highest BCUT2D eigenvalue weighted by molar-refractivity contribution is 5.90. The Morgan fingerprint density at radius 3 is 2.86 bits per heavy atom. The highest BCUT2D eigenvalue weighted by Crippen LogP contribution is 2.28. The summed E-state index contributed by atoms with van der Waals surface area (Å²) in [5.41, 5.74) is 1.13. The van der Waals surface area contributed by atoms with Gasteiger partial charge in [0.05, 0.1) is 19.3 Å². The van der Waals surface area contributed by atoms with Crippen LogP contribution in [0.15, 0.2) is 6.07 Å². The number of aliphatic hydroxyl groups excluding tert-OH is 1. The zero-order valence-electron chi connectivity index (χ0n) is 12.8. The summed E-state index contributed by atoms with van der Waals surface area (Å²) >= 11 is 0. The minimum Gasteiger partial charge on any atom is -0.390 e. The number of anilines is 1. The molecule has 1 aromatic rings. The van der Waals surface area contributed by atoms with Crippen molar-refractivity contribution in [3.63, 3.8) is 0 Å². The second-order valence-electron chi connectivity index (χ2n) is 6.08. The first kappa shape index (κ1) is 15.5. The molecule has 3 rings (SSSR count). The monoisotopic (exact) mass is 309 g/mol. The Kier molecular flexibility index (Phi) is 4.75. The number of aryl methyl sites for hydroxylation is 1. The molecule has 0 spiro atoms. The number of nitrogens with one attached hydrogen (secondary N) is 1. The Bertz CT molecular complexity index is 525. The Balaban J connectivity index is 1.59. The van der Waals surface area contributed by atoms with Crippen LogP contribution in [0.5, 0.6) is 0 Å². The van der Waals surface area contributed by atoms with E-state index in [1.54, 1.807) is 0 Å². The average Bonchev–Trinajstić information content (AvgIpc) is 3.06. The summed E-state index contributed by atoms with van der Waals surface area (Å²) in [5, 5.41) is 16.9. The molecule has 2 atom stereocenters. The molecule has 0 unspecified atom stereocenters. The molecule has 22 heavy (non-hydrogen) atoms. The van der Waals surface area contributed by atoms with Crippen LogP contribution in [0.3, 0.4) is 0 Å². The molecule has 7 heteroatoms. The van der Waals surface area contributed by atoms with Crippen LogP contribution in [0.1, 0.15) is 30.9 Å². The summed E-state index contributed by atoms with van der Waals surface area (Å²) in [6.07, 6.45) is 1.67. The van der Waals surface area contributed by atoms with Crippen molar-refractivity contribution in [1.29, 1.82) is 0 Å². The molecule has 0 bridgehead atoms. The molecule has 2 aliphatic rings. The van der Waals surface area contributed by atoms with Crippen LogP contribution in [0.25, 0.3) is 0 Å². The van der Waals surface area contributed by atoms with Crippen LogP contribution in [0, 0.1) is 5.92 Å². The van der Waals surface area contributed by atoms with Crippen molar-refractivity contribution >= 4 is 11.7 Å². The third-order valence-electron chi connectivity index (χ3n) is 4.44. The van der Waals surface area contributed by atoms with Gasteiger partial charge in [0.2, 0.25) is 5.91 Å². The van der Waals surface area contributed by atoms with Gasteiger partial charge in [-0.3, -0.25) is 9.48 Å². The molecule has 122 valence electrons. The van der Waals surface area contributed by atoms with Crippen molar-refractivity contribution in [2.75, 3.05) is 31.7 Å². The Hall–Kier alpha value is -1.44. The SMILES string of the molecule is Cn1nc(NC(=O)C[C@@H]2COC[C@H]2O)cc1C1CCOCC1. The maximum atomic E-state index is 12.1. The lowest BCUT2D eigenvalue weighted by Crippen LogP contribution is -2.24. The molecule has 1 amide bonds. The number of carbonyl (C=O) groups excluding carboxylic acids is 1. The number of amides is 1. The second-order valence-corrected chi connectivity index (χ2v) is 6.08. The molecular formula is C15H23N3O4. The van der Waals surface area contributed by atoms with Gasteiger partial charge in [-0.25, -0.2) is 0 Å². The van der Waals surface area contributed by atoms with Crippen molar-refractivity contribution in [3.8, 4) is 0 Å². The fraction of sp³-hybridized carbons (Fsp3) is 0.733. The summed E-state index contributed by atoms with van der Waals surface area (Å²) in [5.74, 6) is 0.745. The number of aromatic nitrogens is 2. The van der Waals surface area contributed by atoms with Gasteiger partial charge in [0.1, 0.15) is 0 Å². The first-order chi connectivity index (χ1) is 10.6. The molecule has 7 nitrogen and oxygen atoms in total. The van der Waals surface area contributed by atoms with Crippen LogP contribution >= 0.6 is 0 Å². The van der Waals surface area contributed by atoms with Gasteiger partial charge in [0, 0.05) is 50.3 Å². The van der Waals surface area contributed by atoms with Crippen molar-refractivity contribution in [2.24, 2.45) is 13.0 Å². The summed E-state index contributed by atoms with van der Waals surface area (Å²) in [6.45, 7) is 2.30. The Morgan fingerprint density at radius 2 is 2.18 bits per heavy atom. The first-order valence-corrected chi connectivity index (χ1v) is 7.81. The van der Waals surface area contributed by atoms with E-state index < -0.39 is 6.10 Å². The number of ether oxygens (including phenoxy) is 2. The number of hydrogen-bond acceptors (Lipinski definition) is 5. The van der Waals surface area contributed by atoms with Crippen molar-refractivity contribution in [1.82, 2.24) is 9.78 Å². The standard InChI is InChI=1S/C15H23N3O4/c1-18-12(10-2-4-21-5-3-10)7-14(17-18)16-15(20)6-11-8-22-9-13(11)19/h7,10-11,13,19H,2-6,8-9H2,1H3,(H,16,17,20)/t11-,13-/m1/s1. The highest BCUT2D eigenvalue weighted by Gasteiger charge is 2.28. The molecule has 2 aliphatic heterocycles. The molecule has 0 saturated carbocycles. The second kappa shape index (κ2) is 6.76. The lowest BCUT2D eigenvalue weighted by molar-refractivity contribution is -0.117. The van der Waals surface area contributed by atoms with Gasteiger partial charge >= 0.3 is 0 Å². The third-order valence-corrected chi connectivity index (χ3v) is 4.44. The van der Waals surface area contributed by atoms with Crippen molar-refractivity contribution in [3.05, 3.63) is 11.8 Å². The number of hydrogen-bond donors (Lipinski definition) is 2. The van der Waals surface area contributed by atoms with Gasteiger partial charge in [0.25, 0.3) is 0 Å². The van der Waals surface area contributed by atoms with Gasteiger partial charge in [-0.05, 0) is 12.8 Å². The van der Waals surface area contributed by atoms with Gasteiger partial charge in [-0.2, -0.15) is 5.10 Å². The van der Waals surface area contributed by atoms with E-state index in [0.29, 0.717) is 24.9 Å². The number of rotatable bonds is 4. The van der Waals surface area contributed by atoms with E-state index in [1.165, 1.54) is 0 Å². The normalized spacial score (nSPS) is 26.3.